The summed E-state index contributed by atoms with van der Waals surface area (Å²) in [5, 5.41) is 12.6. The number of carbonyl (C=O) groups is 1. The molecular weight excluding hydrogens is 220 g/mol. The largest absolute Gasteiger partial charge is 0.391 e. The maximum atomic E-state index is 11.7. The van der Waals surface area contributed by atoms with E-state index in [2.05, 4.69) is 5.32 Å². The highest BCUT2D eigenvalue weighted by Crippen LogP contribution is 2.18. The van der Waals surface area contributed by atoms with E-state index in [1.54, 1.807) is 0 Å². The molecule has 0 aromatic rings. The molecule has 1 aliphatic rings. The predicted molar refractivity (Wildman–Crippen MR) is 65.5 cm³/mol. The third-order valence-electron chi connectivity index (χ3n) is 3.15. The predicted octanol–water partition coefficient (Wildman–Crippen LogP) is 0.160. The quantitative estimate of drug-likeness (QED) is 0.621. The minimum atomic E-state index is -0.406. The minimum Gasteiger partial charge on any atom is -0.391 e. The van der Waals surface area contributed by atoms with Crippen molar-refractivity contribution in [2.45, 2.75) is 57.3 Å². The van der Waals surface area contributed by atoms with Crippen molar-refractivity contribution in [3.63, 3.8) is 0 Å². The Hall–Kier alpha value is -0.650. The molecule has 100 valence electrons. The van der Waals surface area contributed by atoms with E-state index in [4.69, 9.17) is 10.5 Å². The summed E-state index contributed by atoms with van der Waals surface area (Å²) in [6, 6.07) is -0.101. The van der Waals surface area contributed by atoms with Crippen LogP contribution in [0.25, 0.3) is 0 Å². The fraction of sp³-hybridized carbons (Fsp3) is 0.917. The van der Waals surface area contributed by atoms with Crippen LogP contribution in [-0.4, -0.2) is 42.4 Å². The molecule has 5 heteroatoms. The van der Waals surface area contributed by atoms with Gasteiger partial charge >= 0.3 is 0 Å². The van der Waals surface area contributed by atoms with Gasteiger partial charge in [0.25, 0.3) is 0 Å². The number of aliphatic hydroxyl groups is 1. The van der Waals surface area contributed by atoms with Crippen molar-refractivity contribution >= 4 is 5.91 Å². The Balaban J connectivity index is 2.32. The van der Waals surface area contributed by atoms with Crippen LogP contribution < -0.4 is 11.1 Å². The van der Waals surface area contributed by atoms with E-state index >= 15 is 0 Å². The zero-order valence-electron chi connectivity index (χ0n) is 10.5. The van der Waals surface area contributed by atoms with Crippen LogP contribution in [0.2, 0.25) is 0 Å². The van der Waals surface area contributed by atoms with Gasteiger partial charge in [-0.25, -0.2) is 0 Å². The molecule has 0 aromatic carbocycles. The van der Waals surface area contributed by atoms with Crippen molar-refractivity contribution in [2.24, 2.45) is 5.73 Å². The average molecular weight is 244 g/mol. The summed E-state index contributed by atoms with van der Waals surface area (Å²) >= 11 is 0. The molecule has 0 aromatic heterocycles. The maximum Gasteiger partial charge on any atom is 0.222 e. The molecule has 1 fully saturated rings. The summed E-state index contributed by atoms with van der Waals surface area (Å²) in [4.78, 5) is 11.7. The minimum absolute atomic E-state index is 0.0835. The van der Waals surface area contributed by atoms with Gasteiger partial charge in [-0.2, -0.15) is 0 Å². The molecule has 0 radical (unpaired) electrons. The lowest BCUT2D eigenvalue weighted by atomic mass is 9.92. The van der Waals surface area contributed by atoms with Crippen LogP contribution in [0.5, 0.6) is 0 Å². The maximum absolute atomic E-state index is 11.7. The molecule has 0 bridgehead atoms. The first kappa shape index (κ1) is 14.4. The Morgan fingerprint density at radius 1 is 1.53 bits per heavy atom. The van der Waals surface area contributed by atoms with Crippen molar-refractivity contribution in [1.82, 2.24) is 5.32 Å². The Morgan fingerprint density at radius 2 is 2.24 bits per heavy atom. The Kier molecular flexibility index (Phi) is 6.47. The Morgan fingerprint density at radius 3 is 2.82 bits per heavy atom. The van der Waals surface area contributed by atoms with Crippen LogP contribution in [-0.2, 0) is 9.53 Å². The third kappa shape index (κ3) is 5.02. The molecule has 3 atom stereocenters. The van der Waals surface area contributed by atoms with Gasteiger partial charge in [0.15, 0.2) is 0 Å². The van der Waals surface area contributed by atoms with Crippen LogP contribution in [0, 0.1) is 0 Å². The number of amides is 1. The van der Waals surface area contributed by atoms with Gasteiger partial charge in [-0.3, -0.25) is 4.79 Å². The number of nitrogens with one attached hydrogen (secondary N) is 1. The highest BCUT2D eigenvalue weighted by molar-refractivity contribution is 5.76. The van der Waals surface area contributed by atoms with E-state index in [9.17, 15) is 9.90 Å². The van der Waals surface area contributed by atoms with Gasteiger partial charge in [0.05, 0.1) is 24.7 Å². The summed E-state index contributed by atoms with van der Waals surface area (Å²) in [5.41, 5.74) is 5.51. The first-order valence-electron chi connectivity index (χ1n) is 6.46. The fourth-order valence-electron chi connectivity index (χ4n) is 2.20. The van der Waals surface area contributed by atoms with E-state index in [0.717, 1.165) is 25.7 Å². The third-order valence-corrected chi connectivity index (χ3v) is 3.15. The summed E-state index contributed by atoms with van der Waals surface area (Å²) in [6.07, 6.45) is 3.38. The molecule has 0 spiro atoms. The number of aliphatic hydroxyl groups excluding tert-OH is 1. The molecule has 0 saturated heterocycles. The van der Waals surface area contributed by atoms with Gasteiger partial charge in [0.1, 0.15) is 0 Å². The van der Waals surface area contributed by atoms with Crippen molar-refractivity contribution in [3.8, 4) is 0 Å². The van der Waals surface area contributed by atoms with E-state index in [1.807, 2.05) is 6.92 Å². The lowest BCUT2D eigenvalue weighted by molar-refractivity contribution is -0.125. The number of rotatable bonds is 6. The number of carbonyl (C=O) groups excluding carboxylic acids is 1. The second-order valence-electron chi connectivity index (χ2n) is 4.54. The second-order valence-corrected chi connectivity index (χ2v) is 4.54. The van der Waals surface area contributed by atoms with Crippen molar-refractivity contribution < 1.29 is 14.6 Å². The van der Waals surface area contributed by atoms with Gasteiger partial charge in [0, 0.05) is 13.2 Å². The molecule has 5 nitrogen and oxygen atoms in total. The van der Waals surface area contributed by atoms with Crippen molar-refractivity contribution in [1.29, 1.82) is 0 Å². The van der Waals surface area contributed by atoms with Gasteiger partial charge < -0.3 is 20.9 Å². The van der Waals surface area contributed by atoms with Gasteiger partial charge in [-0.1, -0.05) is 12.8 Å². The van der Waals surface area contributed by atoms with Gasteiger partial charge in [-0.15, -0.1) is 0 Å². The van der Waals surface area contributed by atoms with Crippen molar-refractivity contribution in [2.75, 3.05) is 13.2 Å². The van der Waals surface area contributed by atoms with Gasteiger partial charge in [-0.05, 0) is 19.8 Å². The zero-order valence-corrected chi connectivity index (χ0v) is 10.5. The summed E-state index contributed by atoms with van der Waals surface area (Å²) in [7, 11) is 0. The van der Waals surface area contributed by atoms with E-state index < -0.39 is 6.10 Å². The van der Waals surface area contributed by atoms with Crippen molar-refractivity contribution in [3.05, 3.63) is 0 Å². The first-order chi connectivity index (χ1) is 8.17. The van der Waals surface area contributed by atoms with Crippen LogP contribution in [0.3, 0.4) is 0 Å². The van der Waals surface area contributed by atoms with Gasteiger partial charge in [0.2, 0.25) is 5.91 Å². The molecular formula is C12H24N2O3. The first-order valence-corrected chi connectivity index (χ1v) is 6.46. The summed E-state index contributed by atoms with van der Waals surface area (Å²) in [5.74, 6) is -0.0835. The lowest BCUT2D eigenvalue weighted by Crippen LogP contribution is -2.46. The monoisotopic (exact) mass is 244 g/mol. The molecule has 1 amide bonds. The Bertz CT molecular complexity index is 236. The lowest BCUT2D eigenvalue weighted by Gasteiger charge is -2.28. The molecule has 1 saturated carbocycles. The number of nitrogens with two attached hydrogens (primary N) is 1. The SMILES string of the molecule is CCOC(CN)CC(=O)NC1CCCCC1O. The summed E-state index contributed by atoms with van der Waals surface area (Å²) < 4.78 is 5.33. The second kappa shape index (κ2) is 7.63. The number of hydrogen-bond acceptors (Lipinski definition) is 4. The number of ether oxygens (including phenoxy) is 1. The highest BCUT2D eigenvalue weighted by Gasteiger charge is 2.25. The molecule has 0 heterocycles. The summed E-state index contributed by atoms with van der Waals surface area (Å²) in [6.45, 7) is 2.78. The topological polar surface area (TPSA) is 84.6 Å². The van der Waals surface area contributed by atoms with Crippen LogP contribution >= 0.6 is 0 Å². The van der Waals surface area contributed by atoms with E-state index in [-0.39, 0.29) is 24.5 Å². The van der Waals surface area contributed by atoms with Crippen LogP contribution in [0.15, 0.2) is 0 Å². The van der Waals surface area contributed by atoms with Crippen LogP contribution in [0.4, 0.5) is 0 Å². The Labute approximate surface area is 103 Å². The highest BCUT2D eigenvalue weighted by atomic mass is 16.5. The smallest absolute Gasteiger partial charge is 0.222 e. The van der Waals surface area contributed by atoms with E-state index in [0.29, 0.717) is 13.2 Å². The molecule has 0 aliphatic heterocycles. The average Bonchev–Trinajstić information content (AvgIpc) is 2.31. The molecule has 17 heavy (non-hydrogen) atoms. The molecule has 1 aliphatic carbocycles. The normalized spacial score (nSPS) is 26.5. The molecule has 4 N–H and O–H groups in total. The molecule has 3 unspecified atom stereocenters. The fourth-order valence-corrected chi connectivity index (χ4v) is 2.20. The standard InChI is InChI=1S/C12H24N2O3/c1-2-17-9(8-13)7-12(16)14-10-5-3-4-6-11(10)15/h9-11,15H,2-8,13H2,1H3,(H,14,16). The molecule has 1 rings (SSSR count). The number of hydrogen-bond donors (Lipinski definition) is 3. The van der Waals surface area contributed by atoms with Crippen LogP contribution in [0.1, 0.15) is 39.0 Å². The van der Waals surface area contributed by atoms with E-state index in [1.165, 1.54) is 0 Å². The zero-order chi connectivity index (χ0) is 12.7.